The number of ether oxygens (including phenoxy) is 6. The number of rotatable bonds is 11. The summed E-state index contributed by atoms with van der Waals surface area (Å²) in [6, 6.07) is 4.26. The summed E-state index contributed by atoms with van der Waals surface area (Å²) in [5, 5.41) is 17.3. The van der Waals surface area contributed by atoms with Gasteiger partial charge in [0.25, 0.3) is 0 Å². The first-order chi connectivity index (χ1) is 28.6. The molecule has 340 valence electrons. The predicted octanol–water partition coefficient (Wildman–Crippen LogP) is 5.22. The number of aromatic nitrogens is 1. The minimum absolute atomic E-state index is 0.0661. The molecular formula is C45H68N4O12. The Bertz CT molecular complexity index is 1740. The van der Waals surface area contributed by atoms with Crippen molar-refractivity contribution in [3.63, 3.8) is 0 Å². The van der Waals surface area contributed by atoms with Gasteiger partial charge in [0.1, 0.15) is 35.8 Å². The Balaban J connectivity index is 1.84. The molecule has 3 N–H and O–H groups in total. The van der Waals surface area contributed by atoms with E-state index in [0.29, 0.717) is 6.42 Å². The number of Topliss-reactive ketones (excluding diaryl/α,β-unsaturated/α-hetero) is 1. The second-order valence-electron chi connectivity index (χ2n) is 17.8. The van der Waals surface area contributed by atoms with Crippen LogP contribution in [0.1, 0.15) is 94.2 Å². The molecule has 1 aromatic heterocycles. The van der Waals surface area contributed by atoms with Gasteiger partial charge in [-0.3, -0.25) is 19.4 Å². The van der Waals surface area contributed by atoms with Crippen molar-refractivity contribution >= 4 is 36.0 Å². The fourth-order valence-corrected chi connectivity index (χ4v) is 8.87. The number of fused-ring (bicyclic) bond motifs is 1. The zero-order valence-electron chi connectivity index (χ0n) is 37.8. The lowest BCUT2D eigenvalue weighted by atomic mass is 9.73. The van der Waals surface area contributed by atoms with Gasteiger partial charge >= 0.3 is 24.1 Å². The molecule has 2 amide bonds. The van der Waals surface area contributed by atoms with Crippen LogP contribution in [0.15, 0.2) is 42.6 Å². The third-order valence-electron chi connectivity index (χ3n) is 12.3. The molecule has 16 heteroatoms. The molecule has 4 heterocycles. The molecule has 3 saturated heterocycles. The van der Waals surface area contributed by atoms with Crippen molar-refractivity contribution in [2.75, 3.05) is 20.6 Å². The average Bonchev–Trinajstić information content (AvgIpc) is 3.52. The van der Waals surface area contributed by atoms with Crippen molar-refractivity contribution in [1.82, 2.24) is 20.5 Å². The molecule has 0 saturated carbocycles. The van der Waals surface area contributed by atoms with Crippen molar-refractivity contribution in [3.05, 3.63) is 48.3 Å². The number of likely N-dealkylation sites (N-methyl/N-ethyl adjacent to an activating group) is 1. The lowest BCUT2D eigenvalue weighted by Gasteiger charge is -2.48. The summed E-state index contributed by atoms with van der Waals surface area (Å²) in [6.45, 7) is 16.9. The molecule has 14 atom stereocenters. The quantitative estimate of drug-likeness (QED) is 0.149. The van der Waals surface area contributed by atoms with Gasteiger partial charge in [-0.05, 0) is 79.3 Å². The summed E-state index contributed by atoms with van der Waals surface area (Å²) in [6.07, 6.45) is 1.37. The van der Waals surface area contributed by atoms with Crippen LogP contribution in [0.25, 0.3) is 6.08 Å². The molecule has 16 nitrogen and oxygen atoms in total. The third kappa shape index (κ3) is 12.0. The first-order valence-electron chi connectivity index (χ1n) is 21.4. The van der Waals surface area contributed by atoms with Crippen LogP contribution in [0.2, 0.25) is 0 Å². The number of esters is 2. The zero-order chi connectivity index (χ0) is 45.4. The van der Waals surface area contributed by atoms with E-state index in [-0.39, 0.29) is 37.3 Å². The fourth-order valence-electron chi connectivity index (χ4n) is 8.87. The van der Waals surface area contributed by atoms with E-state index in [0.717, 1.165) is 5.69 Å². The van der Waals surface area contributed by atoms with Gasteiger partial charge in [-0.25, -0.2) is 9.59 Å². The number of allylic oxidation sites excluding steroid dienone is 2. The van der Waals surface area contributed by atoms with Gasteiger partial charge in [0.2, 0.25) is 0 Å². The van der Waals surface area contributed by atoms with Crippen LogP contribution in [-0.4, -0.2) is 126 Å². The smallest absolute Gasteiger partial charge is 0.408 e. The molecule has 0 spiro atoms. The lowest BCUT2D eigenvalue weighted by Crippen LogP contribution is -2.61. The number of carbonyl (C=O) groups excluding carboxylic acids is 5. The zero-order valence-corrected chi connectivity index (χ0v) is 37.8. The number of hydrogen-bond donors (Lipinski definition) is 3. The van der Waals surface area contributed by atoms with E-state index in [1.165, 1.54) is 0 Å². The summed E-state index contributed by atoms with van der Waals surface area (Å²) in [5.41, 5.74) is -2.41. The van der Waals surface area contributed by atoms with Crippen molar-refractivity contribution in [2.24, 2.45) is 29.6 Å². The van der Waals surface area contributed by atoms with Gasteiger partial charge in [-0.15, -0.1) is 0 Å². The average molecular weight is 857 g/mol. The molecule has 61 heavy (non-hydrogen) atoms. The highest BCUT2D eigenvalue weighted by molar-refractivity contribution is 5.85. The number of carbonyl (C=O) groups is 5. The van der Waals surface area contributed by atoms with Gasteiger partial charge in [-0.2, -0.15) is 0 Å². The van der Waals surface area contributed by atoms with Crippen LogP contribution >= 0.6 is 0 Å². The topological polar surface area (TPSA) is 201 Å². The summed E-state index contributed by atoms with van der Waals surface area (Å²) in [7, 11) is 3.67. The summed E-state index contributed by atoms with van der Waals surface area (Å²) in [5.74, 6) is -6.07. The molecule has 1 aromatic rings. The minimum atomic E-state index is -1.72. The van der Waals surface area contributed by atoms with Crippen molar-refractivity contribution < 1.29 is 57.5 Å². The van der Waals surface area contributed by atoms with Crippen LogP contribution in [0.4, 0.5) is 9.59 Å². The fraction of sp³-hybridized carbons (Fsp3) is 0.689. The molecule has 3 aliphatic heterocycles. The number of hydrogen-bond acceptors (Lipinski definition) is 14. The molecule has 0 radical (unpaired) electrons. The van der Waals surface area contributed by atoms with Crippen molar-refractivity contribution in [2.45, 2.75) is 149 Å². The van der Waals surface area contributed by atoms with E-state index < -0.39 is 102 Å². The Kier molecular flexibility index (Phi) is 17.1. The Labute approximate surface area is 360 Å². The second kappa shape index (κ2) is 21.1. The maximum atomic E-state index is 14.6. The van der Waals surface area contributed by atoms with E-state index in [9.17, 15) is 29.1 Å². The highest BCUT2D eigenvalue weighted by Gasteiger charge is 2.58. The van der Waals surface area contributed by atoms with E-state index in [2.05, 4.69) is 15.6 Å². The molecule has 0 bridgehead atoms. The van der Waals surface area contributed by atoms with E-state index in [4.69, 9.17) is 28.4 Å². The molecule has 0 unspecified atom stereocenters. The number of alkyl carbamates (subject to hydrolysis) is 2. The Morgan fingerprint density at radius 2 is 1.79 bits per heavy atom. The van der Waals surface area contributed by atoms with Crippen LogP contribution in [0, 0.1) is 29.6 Å². The predicted molar refractivity (Wildman–Crippen MR) is 226 cm³/mol. The van der Waals surface area contributed by atoms with Gasteiger partial charge in [0.15, 0.2) is 11.9 Å². The summed E-state index contributed by atoms with van der Waals surface area (Å²) in [4.78, 5) is 75.3. The number of ketones is 1. The Morgan fingerprint density at radius 1 is 1.08 bits per heavy atom. The van der Waals surface area contributed by atoms with Gasteiger partial charge in [-0.1, -0.05) is 65.8 Å². The number of aliphatic hydroxyl groups is 1. The molecule has 3 aliphatic rings. The summed E-state index contributed by atoms with van der Waals surface area (Å²) < 4.78 is 37.5. The normalized spacial score (nSPS) is 36.5. The van der Waals surface area contributed by atoms with Crippen LogP contribution in [0.3, 0.4) is 0 Å². The van der Waals surface area contributed by atoms with Crippen molar-refractivity contribution in [1.29, 1.82) is 0 Å². The number of nitrogens with one attached hydrogen (secondary N) is 2. The van der Waals surface area contributed by atoms with E-state index >= 15 is 0 Å². The van der Waals surface area contributed by atoms with Crippen LogP contribution < -0.4 is 10.6 Å². The highest BCUT2D eigenvalue weighted by Crippen LogP contribution is 2.42. The maximum absolute atomic E-state index is 14.6. The number of pyridine rings is 1. The first kappa shape index (κ1) is 49.3. The molecule has 4 rings (SSSR count). The Hall–Kier alpha value is -4.38. The number of cyclic esters (lactones) is 1. The monoisotopic (exact) mass is 856 g/mol. The number of aliphatic hydroxyl groups excluding tert-OH is 1. The van der Waals surface area contributed by atoms with E-state index in [1.807, 2.05) is 50.2 Å². The lowest BCUT2D eigenvalue weighted by molar-refractivity contribution is -0.298. The van der Waals surface area contributed by atoms with E-state index in [1.54, 1.807) is 86.7 Å². The molecule has 0 aliphatic carbocycles. The second-order valence-corrected chi connectivity index (χ2v) is 17.8. The number of nitrogens with zero attached hydrogens (tertiary/aromatic N) is 2. The SMILES string of the molecule is CC[C@H]1OC(=O)[C@H](C)[C@@H](OC(=O)C(C)C)[C@H](C)[C@@H](O[C@@H]2O[C@H](C)C[C@H](N(C)C)[C@H]2O)[C@](C)(OC(=O)NCC=CC=Cc2ccccn2)C[C@@H](C)C(=O)[C@H](C)[C@H]2NC(=O)O[C@@]21C. The molecular weight excluding hydrogens is 789 g/mol. The van der Waals surface area contributed by atoms with Gasteiger partial charge in [0.05, 0.1) is 29.7 Å². The third-order valence-corrected chi connectivity index (χ3v) is 12.3. The molecule has 0 aromatic carbocycles. The summed E-state index contributed by atoms with van der Waals surface area (Å²) >= 11 is 0. The molecule has 3 fully saturated rings. The minimum Gasteiger partial charge on any atom is -0.461 e. The highest BCUT2D eigenvalue weighted by atomic mass is 16.7. The Morgan fingerprint density at radius 3 is 2.41 bits per heavy atom. The van der Waals surface area contributed by atoms with Gasteiger partial charge in [0, 0.05) is 36.5 Å². The standard InChI is InChI=1S/C45H68N4O12/c1-13-33-45(10)37(48-43(55)61-45)28(6)34(50)26(4)24-44(9,60-42(54)47-22-17-14-15-19-31-20-16-18-21-46-31)38(59-41-35(51)32(49(11)12)23-27(5)56-41)29(7)36(30(8)40(53)57-33)58-39(52)25(2)3/h14-21,25-30,32-33,35-38,41,51H,13,22-24H2,1-12H3,(H,47,54)(H,48,55)/t26-,27-,28+,29+,30-,32+,33-,35-,36+,37-,38-,41+,44-,45-/m1/s1. The first-order valence-corrected chi connectivity index (χ1v) is 21.4. The van der Waals surface area contributed by atoms with Crippen LogP contribution in [0.5, 0.6) is 0 Å². The largest absolute Gasteiger partial charge is 0.461 e. The van der Waals surface area contributed by atoms with Crippen molar-refractivity contribution in [3.8, 4) is 0 Å². The van der Waals surface area contributed by atoms with Crippen LogP contribution in [-0.2, 0) is 42.8 Å². The van der Waals surface area contributed by atoms with Gasteiger partial charge < -0.3 is 49.1 Å². The maximum Gasteiger partial charge on any atom is 0.408 e. The number of amides is 2.